The maximum absolute atomic E-state index is 12.8. The number of sulfonamides is 1. The maximum atomic E-state index is 12.8. The van der Waals surface area contributed by atoms with Gasteiger partial charge in [0.2, 0.25) is 10.0 Å². The summed E-state index contributed by atoms with van der Waals surface area (Å²) < 4.78 is 38.7. The molecule has 6 heteroatoms. The van der Waals surface area contributed by atoms with Gasteiger partial charge in [-0.15, -0.1) is 0 Å². The van der Waals surface area contributed by atoms with E-state index >= 15 is 0 Å². The second kappa shape index (κ2) is 7.23. The molecule has 0 saturated carbocycles. The Bertz CT molecular complexity index is 844. The largest absolute Gasteiger partial charge is 0.497 e. The molecule has 0 aromatic heterocycles. The Morgan fingerprint density at radius 2 is 1.71 bits per heavy atom. The van der Waals surface area contributed by atoms with Crippen molar-refractivity contribution in [3.63, 3.8) is 0 Å². The third-order valence-electron chi connectivity index (χ3n) is 4.07. The molecule has 130 valence electrons. The van der Waals surface area contributed by atoms with Crippen molar-refractivity contribution in [2.45, 2.75) is 32.2 Å². The number of benzene rings is 2. The van der Waals surface area contributed by atoms with Gasteiger partial charge in [0.15, 0.2) is 0 Å². The molecule has 0 radical (unpaired) electrons. The lowest BCUT2D eigenvalue weighted by Gasteiger charge is -2.17. The Morgan fingerprint density at radius 1 is 1.00 bits per heavy atom. The topological polar surface area (TPSA) is 64.6 Å². The summed E-state index contributed by atoms with van der Waals surface area (Å²) in [4.78, 5) is 0.309. The molecule has 0 heterocycles. The molecule has 0 bridgehead atoms. The fourth-order valence-electron chi connectivity index (χ4n) is 2.68. The van der Waals surface area contributed by atoms with Crippen LogP contribution >= 0.6 is 0 Å². The van der Waals surface area contributed by atoms with E-state index in [0.29, 0.717) is 27.5 Å². The van der Waals surface area contributed by atoms with Crippen LogP contribution in [0.1, 0.15) is 22.3 Å². The Hall–Kier alpha value is -2.05. The number of aryl methyl sites for hydroxylation is 1. The van der Waals surface area contributed by atoms with Crippen LogP contribution in [0.5, 0.6) is 11.5 Å². The normalized spacial score (nSPS) is 11.4. The molecule has 2 aromatic rings. The Kier molecular flexibility index (Phi) is 5.51. The van der Waals surface area contributed by atoms with Gasteiger partial charge >= 0.3 is 0 Å². The zero-order valence-electron chi connectivity index (χ0n) is 14.6. The Morgan fingerprint density at radius 3 is 2.33 bits per heavy atom. The first-order chi connectivity index (χ1) is 11.3. The number of hydrogen-bond acceptors (Lipinski definition) is 4. The van der Waals surface area contributed by atoms with Crippen LogP contribution in [0.4, 0.5) is 0 Å². The lowest BCUT2D eigenvalue weighted by Crippen LogP contribution is -2.25. The van der Waals surface area contributed by atoms with Gasteiger partial charge in [0.1, 0.15) is 11.5 Å². The van der Waals surface area contributed by atoms with E-state index in [0.717, 1.165) is 11.1 Å². The molecule has 0 fully saturated rings. The maximum Gasteiger partial charge on any atom is 0.241 e. The highest BCUT2D eigenvalue weighted by Gasteiger charge is 2.22. The molecule has 0 amide bonds. The molecule has 2 rings (SSSR count). The quantitative estimate of drug-likeness (QED) is 0.870. The predicted octanol–water partition coefficient (Wildman–Crippen LogP) is 3.11. The number of methoxy groups -OCH3 is 2. The van der Waals surface area contributed by atoms with Crippen molar-refractivity contribution in [2.24, 2.45) is 0 Å². The zero-order valence-corrected chi connectivity index (χ0v) is 15.5. The highest BCUT2D eigenvalue weighted by atomic mass is 32.2. The molecule has 0 aliphatic rings. The molecule has 0 aliphatic heterocycles. The van der Waals surface area contributed by atoms with E-state index < -0.39 is 10.0 Å². The molecular weight excluding hydrogens is 326 g/mol. The van der Waals surface area contributed by atoms with Crippen molar-refractivity contribution in [3.8, 4) is 11.5 Å². The minimum absolute atomic E-state index is 0.198. The minimum atomic E-state index is -3.63. The van der Waals surface area contributed by atoms with Crippen LogP contribution in [0.3, 0.4) is 0 Å². The molecule has 24 heavy (non-hydrogen) atoms. The van der Waals surface area contributed by atoms with Crippen molar-refractivity contribution < 1.29 is 17.9 Å². The lowest BCUT2D eigenvalue weighted by atomic mass is 10.1. The summed E-state index contributed by atoms with van der Waals surface area (Å²) in [6.45, 7) is 5.62. The van der Waals surface area contributed by atoms with Gasteiger partial charge in [0.05, 0.1) is 19.1 Å². The van der Waals surface area contributed by atoms with Crippen molar-refractivity contribution in [1.82, 2.24) is 4.72 Å². The van der Waals surface area contributed by atoms with Gasteiger partial charge in [0, 0.05) is 6.54 Å². The summed E-state index contributed by atoms with van der Waals surface area (Å²) in [6, 6.07) is 9.06. The first-order valence-corrected chi connectivity index (χ1v) is 9.06. The van der Waals surface area contributed by atoms with E-state index in [4.69, 9.17) is 9.47 Å². The second-order valence-electron chi connectivity index (χ2n) is 5.65. The van der Waals surface area contributed by atoms with E-state index in [1.165, 1.54) is 0 Å². The van der Waals surface area contributed by atoms with Crippen molar-refractivity contribution in [2.75, 3.05) is 14.2 Å². The number of hydrogen-bond donors (Lipinski definition) is 1. The van der Waals surface area contributed by atoms with Gasteiger partial charge < -0.3 is 9.47 Å². The van der Waals surface area contributed by atoms with E-state index in [2.05, 4.69) is 4.72 Å². The van der Waals surface area contributed by atoms with Crippen LogP contribution in [0.15, 0.2) is 35.2 Å². The molecular formula is C18H23NO4S. The predicted molar refractivity (Wildman–Crippen MR) is 94.2 cm³/mol. The molecule has 0 atom stereocenters. The van der Waals surface area contributed by atoms with Crippen LogP contribution in [-0.2, 0) is 16.6 Å². The highest BCUT2D eigenvalue weighted by molar-refractivity contribution is 7.89. The smallest absolute Gasteiger partial charge is 0.241 e. The number of nitrogens with one attached hydrogen (secondary N) is 1. The van der Waals surface area contributed by atoms with Gasteiger partial charge in [-0.1, -0.05) is 12.1 Å². The average molecular weight is 349 g/mol. The summed E-state index contributed by atoms with van der Waals surface area (Å²) in [6.07, 6.45) is 0. The molecule has 0 saturated heterocycles. The third-order valence-corrected chi connectivity index (χ3v) is 5.76. The number of ether oxygens (including phenoxy) is 2. The second-order valence-corrected chi connectivity index (χ2v) is 7.35. The third kappa shape index (κ3) is 3.71. The summed E-state index contributed by atoms with van der Waals surface area (Å²) in [5.41, 5.74) is 3.02. The van der Waals surface area contributed by atoms with E-state index in [1.54, 1.807) is 34.1 Å². The van der Waals surface area contributed by atoms with Gasteiger partial charge in [-0.2, -0.15) is 0 Å². The van der Waals surface area contributed by atoms with Crippen molar-refractivity contribution >= 4 is 10.0 Å². The van der Waals surface area contributed by atoms with Gasteiger partial charge in [0.25, 0.3) is 0 Å². The highest BCUT2D eigenvalue weighted by Crippen LogP contribution is 2.30. The molecule has 2 aromatic carbocycles. The fraction of sp³-hybridized carbons (Fsp3) is 0.333. The summed E-state index contributed by atoms with van der Waals surface area (Å²) in [5, 5.41) is 0. The summed E-state index contributed by atoms with van der Waals surface area (Å²) in [7, 11) is -0.474. The standard InChI is InChI=1S/C18H23NO4S/c1-12-9-17(23-5)13(2)14(3)18(12)24(20,21)19-11-15-7-6-8-16(10-15)22-4/h6-10,19H,11H2,1-5H3. The first-order valence-electron chi connectivity index (χ1n) is 7.57. The van der Waals surface area contributed by atoms with Crippen LogP contribution in [0, 0.1) is 20.8 Å². The van der Waals surface area contributed by atoms with E-state index in [-0.39, 0.29) is 6.54 Å². The molecule has 5 nitrogen and oxygen atoms in total. The Balaban J connectivity index is 2.32. The van der Waals surface area contributed by atoms with Crippen LogP contribution < -0.4 is 14.2 Å². The van der Waals surface area contributed by atoms with Gasteiger partial charge in [-0.3, -0.25) is 0 Å². The van der Waals surface area contributed by atoms with Gasteiger partial charge in [-0.05, 0) is 61.2 Å². The summed E-state index contributed by atoms with van der Waals surface area (Å²) in [5.74, 6) is 1.39. The molecule has 0 spiro atoms. The minimum Gasteiger partial charge on any atom is -0.497 e. The lowest BCUT2D eigenvalue weighted by molar-refractivity contribution is 0.410. The fourth-order valence-corrected chi connectivity index (χ4v) is 4.22. The molecule has 0 unspecified atom stereocenters. The SMILES string of the molecule is COc1cccc(CNS(=O)(=O)c2c(C)cc(OC)c(C)c2C)c1. The van der Waals surface area contributed by atoms with Crippen LogP contribution in [0.2, 0.25) is 0 Å². The van der Waals surface area contributed by atoms with Crippen molar-refractivity contribution in [3.05, 3.63) is 52.6 Å². The number of rotatable bonds is 6. The van der Waals surface area contributed by atoms with E-state index in [1.807, 2.05) is 31.2 Å². The van der Waals surface area contributed by atoms with Crippen LogP contribution in [-0.4, -0.2) is 22.6 Å². The van der Waals surface area contributed by atoms with Crippen LogP contribution in [0.25, 0.3) is 0 Å². The zero-order chi connectivity index (χ0) is 17.9. The Labute approximate surface area is 143 Å². The van der Waals surface area contributed by atoms with E-state index in [9.17, 15) is 8.42 Å². The van der Waals surface area contributed by atoms with Gasteiger partial charge in [-0.25, -0.2) is 13.1 Å². The summed E-state index contributed by atoms with van der Waals surface area (Å²) >= 11 is 0. The van der Waals surface area contributed by atoms with Crippen molar-refractivity contribution in [1.29, 1.82) is 0 Å². The first kappa shape index (κ1) is 18.3. The average Bonchev–Trinajstić information content (AvgIpc) is 2.56. The molecule has 1 N–H and O–H groups in total. The molecule has 0 aliphatic carbocycles. The monoisotopic (exact) mass is 349 g/mol.